The van der Waals surface area contributed by atoms with Gasteiger partial charge in [0.1, 0.15) is 24.2 Å². The highest BCUT2D eigenvalue weighted by Crippen LogP contribution is 2.27. The van der Waals surface area contributed by atoms with E-state index in [9.17, 15) is 5.11 Å². The summed E-state index contributed by atoms with van der Waals surface area (Å²) in [6, 6.07) is 3.39. The van der Waals surface area contributed by atoms with E-state index in [-0.39, 0.29) is 5.75 Å². The first kappa shape index (κ1) is 12.2. The summed E-state index contributed by atoms with van der Waals surface area (Å²) >= 11 is 0. The van der Waals surface area contributed by atoms with Crippen molar-refractivity contribution >= 4 is 0 Å². The van der Waals surface area contributed by atoms with Gasteiger partial charge in [-0.2, -0.15) is 0 Å². The molecule has 1 aliphatic heterocycles. The fourth-order valence-corrected chi connectivity index (χ4v) is 1.74. The molecule has 1 aliphatic rings. The predicted molar refractivity (Wildman–Crippen MR) is 63.6 cm³/mol. The molecule has 0 aliphatic carbocycles. The zero-order valence-electron chi connectivity index (χ0n) is 10.2. The van der Waals surface area contributed by atoms with Gasteiger partial charge < -0.3 is 19.3 Å². The maximum atomic E-state index is 9.40. The second kappa shape index (κ2) is 5.38. The zero-order chi connectivity index (χ0) is 12.3. The van der Waals surface area contributed by atoms with Crippen molar-refractivity contribution in [2.24, 2.45) is 0 Å². The first-order chi connectivity index (χ1) is 8.16. The summed E-state index contributed by atoms with van der Waals surface area (Å²) in [5, 5.41) is 9.40. The van der Waals surface area contributed by atoms with Crippen LogP contribution >= 0.6 is 0 Å². The molecule has 0 saturated carbocycles. The molecular formula is C13H18O4. The van der Waals surface area contributed by atoms with Gasteiger partial charge >= 0.3 is 0 Å². The Bertz CT molecular complexity index is 362. The number of phenols is 1. The van der Waals surface area contributed by atoms with Crippen LogP contribution in [-0.2, 0) is 9.47 Å². The first-order valence-electron chi connectivity index (χ1n) is 5.79. The summed E-state index contributed by atoms with van der Waals surface area (Å²) in [7, 11) is 0. The lowest BCUT2D eigenvalue weighted by atomic mass is 10.1. The van der Waals surface area contributed by atoms with Crippen LogP contribution in [0.5, 0.6) is 11.5 Å². The van der Waals surface area contributed by atoms with Crippen LogP contribution in [0.3, 0.4) is 0 Å². The highest BCUT2D eigenvalue weighted by Gasteiger charge is 2.22. The molecule has 17 heavy (non-hydrogen) atoms. The van der Waals surface area contributed by atoms with E-state index < -0.39 is 0 Å². The molecule has 4 heteroatoms. The third kappa shape index (κ3) is 3.61. The second-order valence-corrected chi connectivity index (χ2v) is 4.29. The number of ether oxygens (including phenoxy) is 3. The van der Waals surface area contributed by atoms with E-state index in [1.54, 1.807) is 12.1 Å². The average molecular weight is 238 g/mol. The molecule has 1 unspecified atom stereocenters. The molecule has 0 radical (unpaired) electrons. The molecule has 1 N–H and O–H groups in total. The van der Waals surface area contributed by atoms with E-state index in [2.05, 4.69) is 0 Å². The van der Waals surface area contributed by atoms with Crippen molar-refractivity contribution in [1.29, 1.82) is 0 Å². The lowest BCUT2D eigenvalue weighted by Crippen LogP contribution is -2.11. The van der Waals surface area contributed by atoms with Crippen LogP contribution in [0.15, 0.2) is 12.1 Å². The van der Waals surface area contributed by atoms with Crippen LogP contribution in [0.2, 0.25) is 0 Å². The molecular weight excluding hydrogens is 220 g/mol. The lowest BCUT2D eigenvalue weighted by Gasteiger charge is -2.12. The van der Waals surface area contributed by atoms with Crippen molar-refractivity contribution in [2.45, 2.75) is 20.0 Å². The Morgan fingerprint density at radius 3 is 2.53 bits per heavy atom. The minimum Gasteiger partial charge on any atom is -0.508 e. The molecule has 1 heterocycles. The number of aryl methyl sites for hydroxylation is 2. The summed E-state index contributed by atoms with van der Waals surface area (Å²) in [5.74, 6) is 1.10. The zero-order valence-corrected chi connectivity index (χ0v) is 10.2. The molecule has 2 rings (SSSR count). The molecule has 0 spiro atoms. The van der Waals surface area contributed by atoms with Gasteiger partial charge in [-0.1, -0.05) is 0 Å². The molecule has 0 bridgehead atoms. The molecule has 1 saturated heterocycles. The molecule has 94 valence electrons. The van der Waals surface area contributed by atoms with E-state index in [1.165, 1.54) is 0 Å². The predicted octanol–water partition coefficient (Wildman–Crippen LogP) is 1.80. The van der Waals surface area contributed by atoms with E-state index in [0.29, 0.717) is 25.9 Å². The van der Waals surface area contributed by atoms with Gasteiger partial charge in [-0.15, -0.1) is 0 Å². The largest absolute Gasteiger partial charge is 0.508 e. The standard InChI is InChI=1S/C13H18O4/c1-9-5-11(14)6-10(2)13(9)16-4-3-15-7-12-8-17-12/h5-6,12,14H,3-4,7-8H2,1-2H3. The fraction of sp³-hybridized carbons (Fsp3) is 0.538. The molecule has 1 aromatic rings. The number of epoxide rings is 1. The normalized spacial score (nSPS) is 18.1. The highest BCUT2D eigenvalue weighted by molar-refractivity contribution is 5.45. The Labute approximate surface area is 101 Å². The van der Waals surface area contributed by atoms with Crippen molar-refractivity contribution in [3.05, 3.63) is 23.3 Å². The Kier molecular flexibility index (Phi) is 3.86. The van der Waals surface area contributed by atoms with Gasteiger partial charge in [-0.05, 0) is 37.1 Å². The summed E-state index contributed by atoms with van der Waals surface area (Å²) in [6.45, 7) is 6.37. The molecule has 0 aromatic heterocycles. The van der Waals surface area contributed by atoms with Gasteiger partial charge in [0.15, 0.2) is 0 Å². The van der Waals surface area contributed by atoms with Gasteiger partial charge in [0, 0.05) is 0 Å². The number of hydrogen-bond donors (Lipinski definition) is 1. The van der Waals surface area contributed by atoms with Crippen LogP contribution < -0.4 is 4.74 Å². The number of benzene rings is 1. The van der Waals surface area contributed by atoms with Crippen LogP contribution in [0, 0.1) is 13.8 Å². The summed E-state index contributed by atoms with van der Waals surface area (Å²) in [6.07, 6.45) is 0.298. The molecule has 1 fully saturated rings. The topological polar surface area (TPSA) is 51.2 Å². The van der Waals surface area contributed by atoms with E-state index in [0.717, 1.165) is 23.5 Å². The maximum Gasteiger partial charge on any atom is 0.125 e. The van der Waals surface area contributed by atoms with Gasteiger partial charge in [0.05, 0.1) is 19.8 Å². The van der Waals surface area contributed by atoms with Gasteiger partial charge in [0.25, 0.3) is 0 Å². The number of hydrogen-bond acceptors (Lipinski definition) is 4. The third-order valence-corrected chi connectivity index (χ3v) is 2.63. The van der Waals surface area contributed by atoms with Crippen molar-refractivity contribution in [1.82, 2.24) is 0 Å². The molecule has 0 amide bonds. The lowest BCUT2D eigenvalue weighted by molar-refractivity contribution is 0.0874. The molecule has 1 atom stereocenters. The van der Waals surface area contributed by atoms with Crippen molar-refractivity contribution in [3.8, 4) is 11.5 Å². The third-order valence-electron chi connectivity index (χ3n) is 2.63. The van der Waals surface area contributed by atoms with Crippen molar-refractivity contribution < 1.29 is 19.3 Å². The Balaban J connectivity index is 1.77. The number of phenolic OH excluding ortho intramolecular Hbond substituents is 1. The average Bonchev–Trinajstić information content (AvgIpc) is 3.04. The Morgan fingerprint density at radius 2 is 1.94 bits per heavy atom. The van der Waals surface area contributed by atoms with Gasteiger partial charge in [-0.3, -0.25) is 0 Å². The summed E-state index contributed by atoms with van der Waals surface area (Å²) < 4.78 is 16.1. The minimum absolute atomic E-state index is 0.273. The fourth-order valence-electron chi connectivity index (χ4n) is 1.74. The van der Waals surface area contributed by atoms with E-state index >= 15 is 0 Å². The molecule has 4 nitrogen and oxygen atoms in total. The van der Waals surface area contributed by atoms with Crippen LogP contribution in [0.1, 0.15) is 11.1 Å². The first-order valence-corrected chi connectivity index (χ1v) is 5.79. The highest BCUT2D eigenvalue weighted by atomic mass is 16.6. The SMILES string of the molecule is Cc1cc(O)cc(C)c1OCCOCC1CO1. The van der Waals surface area contributed by atoms with E-state index in [4.69, 9.17) is 14.2 Å². The number of aromatic hydroxyl groups is 1. The van der Waals surface area contributed by atoms with Crippen LogP contribution in [-0.4, -0.2) is 37.6 Å². The summed E-state index contributed by atoms with van der Waals surface area (Å²) in [4.78, 5) is 0. The summed E-state index contributed by atoms with van der Waals surface area (Å²) in [5.41, 5.74) is 1.88. The minimum atomic E-state index is 0.273. The smallest absolute Gasteiger partial charge is 0.125 e. The van der Waals surface area contributed by atoms with Crippen molar-refractivity contribution in [2.75, 3.05) is 26.4 Å². The van der Waals surface area contributed by atoms with Crippen molar-refractivity contribution in [3.63, 3.8) is 0 Å². The van der Waals surface area contributed by atoms with Gasteiger partial charge in [0.2, 0.25) is 0 Å². The maximum absolute atomic E-state index is 9.40. The Morgan fingerprint density at radius 1 is 1.29 bits per heavy atom. The van der Waals surface area contributed by atoms with Crippen LogP contribution in [0.25, 0.3) is 0 Å². The quantitative estimate of drug-likeness (QED) is 0.606. The Hall–Kier alpha value is -1.26. The van der Waals surface area contributed by atoms with E-state index in [1.807, 2.05) is 13.8 Å². The van der Waals surface area contributed by atoms with Gasteiger partial charge in [-0.25, -0.2) is 0 Å². The molecule has 1 aromatic carbocycles. The monoisotopic (exact) mass is 238 g/mol. The van der Waals surface area contributed by atoms with Crippen LogP contribution in [0.4, 0.5) is 0 Å². The second-order valence-electron chi connectivity index (χ2n) is 4.29. The number of rotatable bonds is 6.